The molecule has 3 heterocycles. The first-order chi connectivity index (χ1) is 8.24. The molecule has 8 heteroatoms. The van der Waals surface area contributed by atoms with E-state index in [1.54, 1.807) is 29.3 Å². The fourth-order valence-electron chi connectivity index (χ4n) is 1.49. The van der Waals surface area contributed by atoms with Gasteiger partial charge in [0.2, 0.25) is 11.2 Å². The molecule has 0 amide bonds. The van der Waals surface area contributed by atoms with Gasteiger partial charge in [-0.1, -0.05) is 0 Å². The quantitative estimate of drug-likeness (QED) is 0.684. The second kappa shape index (κ2) is 3.63. The first-order valence-electron chi connectivity index (χ1n) is 4.69. The predicted octanol–water partition coefficient (Wildman–Crippen LogP) is 0.817. The van der Waals surface area contributed by atoms with E-state index in [9.17, 15) is 0 Å². The van der Waals surface area contributed by atoms with Gasteiger partial charge in [0.05, 0.1) is 23.5 Å². The van der Waals surface area contributed by atoms with E-state index in [1.165, 1.54) is 0 Å². The topological polar surface area (TPSA) is 94.9 Å². The SMILES string of the molecule is Nc1nc(Cl)nc(-c2cnn3ccncc23)n1. The van der Waals surface area contributed by atoms with Crippen LogP contribution in [-0.4, -0.2) is 29.5 Å². The number of fused-ring (bicyclic) bond motifs is 1. The van der Waals surface area contributed by atoms with E-state index in [0.717, 1.165) is 5.52 Å². The Hall–Kier alpha value is -2.28. The summed E-state index contributed by atoms with van der Waals surface area (Å²) in [5.41, 5.74) is 7.00. The van der Waals surface area contributed by atoms with E-state index < -0.39 is 0 Å². The zero-order chi connectivity index (χ0) is 11.8. The molecule has 0 saturated carbocycles. The van der Waals surface area contributed by atoms with Gasteiger partial charge >= 0.3 is 0 Å². The molecular weight excluding hydrogens is 242 g/mol. The normalized spacial score (nSPS) is 10.9. The van der Waals surface area contributed by atoms with Crippen LogP contribution in [0.4, 0.5) is 5.95 Å². The summed E-state index contributed by atoms with van der Waals surface area (Å²) in [6.45, 7) is 0. The third-order valence-corrected chi connectivity index (χ3v) is 2.36. The van der Waals surface area contributed by atoms with Crippen LogP contribution < -0.4 is 5.73 Å². The maximum atomic E-state index is 5.73. The number of rotatable bonds is 1. The molecule has 0 unspecified atom stereocenters. The van der Waals surface area contributed by atoms with Gasteiger partial charge in [0, 0.05) is 12.4 Å². The number of nitrogens with zero attached hydrogens (tertiary/aromatic N) is 6. The number of hydrogen-bond donors (Lipinski definition) is 1. The summed E-state index contributed by atoms with van der Waals surface area (Å²) in [5, 5.41) is 4.20. The molecule has 3 aromatic heterocycles. The lowest BCUT2D eigenvalue weighted by Gasteiger charge is -1.99. The molecule has 0 aliphatic carbocycles. The van der Waals surface area contributed by atoms with Crippen LogP contribution in [0.3, 0.4) is 0 Å². The monoisotopic (exact) mass is 247 g/mol. The van der Waals surface area contributed by atoms with Crippen LogP contribution in [0.1, 0.15) is 0 Å². The van der Waals surface area contributed by atoms with Crippen LogP contribution in [0, 0.1) is 0 Å². The molecule has 0 radical (unpaired) electrons. The van der Waals surface area contributed by atoms with Crippen molar-refractivity contribution in [3.05, 3.63) is 30.1 Å². The summed E-state index contributed by atoms with van der Waals surface area (Å²) in [6, 6.07) is 0. The van der Waals surface area contributed by atoms with E-state index in [4.69, 9.17) is 17.3 Å². The lowest BCUT2D eigenvalue weighted by molar-refractivity contribution is 0.946. The predicted molar refractivity (Wildman–Crippen MR) is 61.2 cm³/mol. The summed E-state index contributed by atoms with van der Waals surface area (Å²) in [4.78, 5) is 15.7. The Morgan fingerprint density at radius 2 is 2.06 bits per heavy atom. The molecule has 84 valence electrons. The van der Waals surface area contributed by atoms with Crippen LogP contribution in [0.25, 0.3) is 16.9 Å². The standard InChI is InChI=1S/C9H6ClN7/c10-8-14-7(15-9(11)16-8)5-3-13-17-2-1-12-4-6(5)17/h1-4H,(H2,11,14,15,16). The number of hydrogen-bond acceptors (Lipinski definition) is 6. The smallest absolute Gasteiger partial charge is 0.227 e. The van der Waals surface area contributed by atoms with Crippen molar-refractivity contribution < 1.29 is 0 Å². The minimum Gasteiger partial charge on any atom is -0.368 e. The van der Waals surface area contributed by atoms with E-state index in [1.807, 2.05) is 0 Å². The molecule has 17 heavy (non-hydrogen) atoms. The molecule has 0 aliphatic rings. The summed E-state index contributed by atoms with van der Waals surface area (Å²) in [5.74, 6) is 0.453. The van der Waals surface area contributed by atoms with Crippen LogP contribution in [-0.2, 0) is 0 Å². The summed E-state index contributed by atoms with van der Waals surface area (Å²) < 4.78 is 1.66. The van der Waals surface area contributed by atoms with E-state index >= 15 is 0 Å². The molecule has 2 N–H and O–H groups in total. The van der Waals surface area contributed by atoms with Gasteiger partial charge in [-0.2, -0.15) is 20.1 Å². The number of nitrogen functional groups attached to an aromatic ring is 1. The van der Waals surface area contributed by atoms with Crippen molar-refractivity contribution >= 4 is 23.1 Å². The summed E-state index contributed by atoms with van der Waals surface area (Å²) in [6.07, 6.45) is 6.65. The second-order valence-corrected chi connectivity index (χ2v) is 3.59. The number of nitrogens with two attached hydrogens (primary N) is 1. The van der Waals surface area contributed by atoms with Crippen molar-refractivity contribution in [2.24, 2.45) is 0 Å². The fraction of sp³-hybridized carbons (Fsp3) is 0. The van der Waals surface area contributed by atoms with Gasteiger partial charge in [-0.15, -0.1) is 0 Å². The molecule has 0 aromatic carbocycles. The molecule has 0 saturated heterocycles. The molecule has 7 nitrogen and oxygen atoms in total. The average molecular weight is 248 g/mol. The second-order valence-electron chi connectivity index (χ2n) is 3.25. The number of aromatic nitrogens is 6. The number of anilines is 1. The maximum absolute atomic E-state index is 5.73. The molecule has 0 atom stereocenters. The van der Waals surface area contributed by atoms with Gasteiger partial charge in [-0.05, 0) is 11.6 Å². The Kier molecular flexibility index (Phi) is 2.12. The fourth-order valence-corrected chi connectivity index (χ4v) is 1.66. The van der Waals surface area contributed by atoms with Crippen molar-refractivity contribution in [1.29, 1.82) is 0 Å². The average Bonchev–Trinajstić information content (AvgIpc) is 2.71. The highest BCUT2D eigenvalue weighted by Crippen LogP contribution is 2.21. The first-order valence-corrected chi connectivity index (χ1v) is 5.06. The van der Waals surface area contributed by atoms with Crippen LogP contribution in [0.2, 0.25) is 5.28 Å². The minimum absolute atomic E-state index is 0.0516. The Morgan fingerprint density at radius 1 is 1.18 bits per heavy atom. The molecular formula is C9H6ClN7. The molecule has 3 rings (SSSR count). The Labute approximate surface area is 100 Å². The van der Waals surface area contributed by atoms with Gasteiger partial charge in [0.1, 0.15) is 0 Å². The van der Waals surface area contributed by atoms with Crippen molar-refractivity contribution in [1.82, 2.24) is 29.5 Å². The van der Waals surface area contributed by atoms with Gasteiger partial charge in [-0.3, -0.25) is 4.98 Å². The van der Waals surface area contributed by atoms with Gasteiger partial charge in [0.15, 0.2) is 5.82 Å². The highest BCUT2D eigenvalue weighted by Gasteiger charge is 2.11. The highest BCUT2D eigenvalue weighted by molar-refractivity contribution is 6.28. The van der Waals surface area contributed by atoms with Crippen LogP contribution in [0.5, 0.6) is 0 Å². The van der Waals surface area contributed by atoms with E-state index in [-0.39, 0.29) is 11.2 Å². The first kappa shape index (κ1) is 9.91. The largest absolute Gasteiger partial charge is 0.368 e. The van der Waals surface area contributed by atoms with E-state index in [2.05, 4.69) is 25.0 Å². The Morgan fingerprint density at radius 3 is 2.88 bits per heavy atom. The van der Waals surface area contributed by atoms with Gasteiger partial charge < -0.3 is 5.73 Å². The molecule has 3 aromatic rings. The van der Waals surface area contributed by atoms with Crippen LogP contribution >= 0.6 is 11.6 Å². The van der Waals surface area contributed by atoms with Crippen molar-refractivity contribution in [3.63, 3.8) is 0 Å². The minimum atomic E-state index is 0.0516. The van der Waals surface area contributed by atoms with Gasteiger partial charge in [0.25, 0.3) is 0 Å². The third kappa shape index (κ3) is 1.66. The lowest BCUT2D eigenvalue weighted by Crippen LogP contribution is -1.99. The summed E-state index contributed by atoms with van der Waals surface area (Å²) in [7, 11) is 0. The maximum Gasteiger partial charge on any atom is 0.227 e. The van der Waals surface area contributed by atoms with Crippen molar-refractivity contribution in [3.8, 4) is 11.4 Å². The van der Waals surface area contributed by atoms with E-state index in [0.29, 0.717) is 11.4 Å². The zero-order valence-corrected chi connectivity index (χ0v) is 9.20. The van der Waals surface area contributed by atoms with Crippen LogP contribution in [0.15, 0.2) is 24.8 Å². The highest BCUT2D eigenvalue weighted by atomic mass is 35.5. The zero-order valence-electron chi connectivity index (χ0n) is 8.45. The molecule has 0 fully saturated rings. The number of halogens is 1. The third-order valence-electron chi connectivity index (χ3n) is 2.19. The molecule has 0 spiro atoms. The molecule has 0 aliphatic heterocycles. The van der Waals surface area contributed by atoms with Gasteiger partial charge in [-0.25, -0.2) is 4.52 Å². The molecule has 0 bridgehead atoms. The Bertz CT molecular complexity index is 672. The Balaban J connectivity index is 2.27. The van der Waals surface area contributed by atoms with Crippen molar-refractivity contribution in [2.75, 3.05) is 5.73 Å². The van der Waals surface area contributed by atoms with Crippen molar-refractivity contribution in [2.45, 2.75) is 0 Å². The lowest BCUT2D eigenvalue weighted by atomic mass is 10.3. The summed E-state index contributed by atoms with van der Waals surface area (Å²) >= 11 is 5.73.